The molecule has 34 heteroatoms. The SMILES string of the molecule is CC1(C)COP(=O)(OC(C)(C)P(C)(C)=O)OC1.CC1(C)COP(=O)(OCCCCOP2(=O)OCC(C)(C)CO2)OC1.CC1(C)COP(=O)(Oc2ccccc2-c2ccccc2)OC1.CCCCC1(CC)COP(=O)(OC(C)(C)P(C)(C)=O)OC1.CCCCOP1(=O)OCC(C)(C)CO1. The maximum atomic E-state index is 12.6. The summed E-state index contributed by atoms with van der Waals surface area (Å²) < 4.78 is 193. The third kappa shape index (κ3) is 30.7. The van der Waals surface area contributed by atoms with Gasteiger partial charge >= 0.3 is 46.9 Å². The Hall–Kier alpha value is -0.600. The van der Waals surface area contributed by atoms with Crippen molar-refractivity contribution in [1.82, 2.24) is 0 Å². The molecular formula is C64H118O26P8. The van der Waals surface area contributed by atoms with Crippen LogP contribution in [0.15, 0.2) is 54.6 Å². The highest BCUT2D eigenvalue weighted by Gasteiger charge is 2.50. The second-order valence-electron chi connectivity index (χ2n) is 31.0. The van der Waals surface area contributed by atoms with Gasteiger partial charge in [0, 0.05) is 38.1 Å². The minimum atomic E-state index is -3.63. The average Bonchev–Trinajstić information content (AvgIpc) is 0.802. The molecule has 6 aliphatic rings. The summed E-state index contributed by atoms with van der Waals surface area (Å²) in [6.45, 7) is 44.1. The van der Waals surface area contributed by atoms with E-state index in [1.807, 2.05) is 125 Å². The third-order valence-electron chi connectivity index (χ3n) is 16.2. The van der Waals surface area contributed by atoms with Gasteiger partial charge in [0.15, 0.2) is 0 Å². The second-order valence-corrected chi connectivity index (χ2v) is 48.4. The van der Waals surface area contributed by atoms with Crippen LogP contribution in [-0.2, 0) is 113 Å². The molecule has 0 amide bonds. The van der Waals surface area contributed by atoms with Gasteiger partial charge in [0.25, 0.3) is 0 Å². The summed E-state index contributed by atoms with van der Waals surface area (Å²) in [6, 6.07) is 17.2. The molecule has 2 aromatic carbocycles. The fourth-order valence-corrected chi connectivity index (χ4v) is 19.9. The molecule has 0 radical (unpaired) electrons. The van der Waals surface area contributed by atoms with Crippen LogP contribution >= 0.6 is 61.2 Å². The number of phosphoric ester groups is 6. The molecule has 6 saturated heterocycles. The summed E-state index contributed by atoms with van der Waals surface area (Å²) in [7, 11) is -26.0. The van der Waals surface area contributed by atoms with Gasteiger partial charge in [-0.15, -0.1) is 0 Å². The molecule has 6 aliphatic heterocycles. The van der Waals surface area contributed by atoms with Crippen molar-refractivity contribution in [3.8, 4) is 16.9 Å². The van der Waals surface area contributed by atoms with Crippen molar-refractivity contribution in [3.63, 3.8) is 0 Å². The highest BCUT2D eigenvalue weighted by atomic mass is 31.2. The number of benzene rings is 2. The minimum Gasteiger partial charge on any atom is -0.403 e. The van der Waals surface area contributed by atoms with Gasteiger partial charge < -0.3 is 13.7 Å². The smallest absolute Gasteiger partial charge is 0.403 e. The molecule has 0 spiro atoms. The summed E-state index contributed by atoms with van der Waals surface area (Å²) >= 11 is 0. The largest absolute Gasteiger partial charge is 0.530 e. The van der Waals surface area contributed by atoms with Gasteiger partial charge in [-0.05, 0) is 98.1 Å². The lowest BCUT2D eigenvalue weighted by atomic mass is 9.82. The summed E-state index contributed by atoms with van der Waals surface area (Å²) in [5.74, 6) is 0.497. The number of hydrogen-bond acceptors (Lipinski definition) is 26. The molecule has 0 aromatic heterocycles. The van der Waals surface area contributed by atoms with Crippen LogP contribution in [0.1, 0.15) is 169 Å². The fraction of sp³-hybridized carbons (Fsp3) is 0.812. The Kier molecular flexibility index (Phi) is 33.7. The van der Waals surface area contributed by atoms with Gasteiger partial charge in [0.05, 0.1) is 99.1 Å². The number of phosphoric acid groups is 6. The van der Waals surface area contributed by atoms with Crippen LogP contribution in [0.2, 0.25) is 0 Å². The zero-order valence-corrected chi connectivity index (χ0v) is 69.3. The average molecular weight is 1550 g/mol. The summed E-state index contributed by atoms with van der Waals surface area (Å²) in [6.07, 6.45) is 7.11. The highest BCUT2D eigenvalue weighted by molar-refractivity contribution is 7.64. The molecule has 570 valence electrons. The van der Waals surface area contributed by atoms with Crippen molar-refractivity contribution in [2.45, 2.75) is 180 Å². The van der Waals surface area contributed by atoms with E-state index in [1.165, 1.54) is 0 Å². The lowest BCUT2D eigenvalue weighted by molar-refractivity contribution is -0.0361. The Morgan fingerprint density at radius 1 is 0.388 bits per heavy atom. The van der Waals surface area contributed by atoms with Gasteiger partial charge in [-0.2, -0.15) is 0 Å². The zero-order valence-electron chi connectivity index (χ0n) is 62.2. The molecular weight excluding hydrogens is 1430 g/mol. The van der Waals surface area contributed by atoms with E-state index in [9.17, 15) is 36.5 Å². The van der Waals surface area contributed by atoms with Crippen molar-refractivity contribution in [3.05, 3.63) is 54.6 Å². The molecule has 0 atom stereocenters. The molecule has 0 bridgehead atoms. The van der Waals surface area contributed by atoms with E-state index >= 15 is 0 Å². The van der Waals surface area contributed by atoms with Gasteiger partial charge in [-0.25, -0.2) is 27.4 Å². The Labute approximate surface area is 585 Å². The van der Waals surface area contributed by atoms with Gasteiger partial charge in [-0.1, -0.05) is 158 Å². The molecule has 0 N–H and O–H groups in total. The first-order chi connectivity index (χ1) is 44.9. The quantitative estimate of drug-likeness (QED) is 0.0696. The van der Waals surface area contributed by atoms with Crippen LogP contribution < -0.4 is 4.52 Å². The van der Waals surface area contributed by atoms with Crippen molar-refractivity contribution >= 4 is 61.2 Å². The molecule has 2 aromatic rings. The van der Waals surface area contributed by atoms with Crippen LogP contribution in [0.3, 0.4) is 0 Å². The Morgan fingerprint density at radius 2 is 0.673 bits per heavy atom. The molecule has 0 unspecified atom stereocenters. The summed E-state index contributed by atoms with van der Waals surface area (Å²) in [4.78, 5) is 0. The van der Waals surface area contributed by atoms with E-state index in [-0.39, 0.29) is 45.7 Å². The maximum Gasteiger partial charge on any atom is 0.530 e. The lowest BCUT2D eigenvalue weighted by Crippen LogP contribution is -2.36. The lowest BCUT2D eigenvalue weighted by Gasteiger charge is -2.41. The highest BCUT2D eigenvalue weighted by Crippen LogP contribution is 2.67. The van der Waals surface area contributed by atoms with Gasteiger partial charge in [0.1, 0.15) is 30.7 Å². The summed E-state index contributed by atoms with van der Waals surface area (Å²) in [5.41, 5.74) is 1.04. The van der Waals surface area contributed by atoms with Gasteiger partial charge in [0.2, 0.25) is 0 Å². The van der Waals surface area contributed by atoms with E-state index in [2.05, 4.69) is 13.8 Å². The first-order valence-electron chi connectivity index (χ1n) is 33.5. The predicted octanol–water partition coefficient (Wildman–Crippen LogP) is 20.7. The molecule has 0 saturated carbocycles. The van der Waals surface area contributed by atoms with Crippen LogP contribution in [0.5, 0.6) is 5.75 Å². The standard InChI is InChI=1S/C17H19O4P.C14H28O8P2.C14H30O5P2.C10H22O5P2.C9H19O4P/c1-17(2)12-19-22(18,20-13-17)21-16-11-7-6-10-15(16)14-8-4-3-5-9-14;1-13(2)9-19-23(15,20-10-13)17-7-5-6-8-18-24(16)21-11-14(3,4)12-22-24;1-7-9-10-14(8-2)11-17-21(16,18-12-14)19-13(3,4)20(5,6)15;1-9(2)7-13-17(12,14-8-9)15-10(3,4)16(5,6)11;1-4-5-6-11-14(10)12-7-9(2,3)8-13-14/h3-11H,12-13H2,1-2H3;5-12H2,1-4H3;7-12H2,1-6H3;7-8H2,1-6H3;4-8H2,1-3H3. The second kappa shape index (κ2) is 36.8. The van der Waals surface area contributed by atoms with Crippen molar-refractivity contribution in [1.29, 1.82) is 0 Å². The molecule has 6 fully saturated rings. The monoisotopic (exact) mass is 1550 g/mol. The number of para-hydroxylation sites is 1. The predicted molar refractivity (Wildman–Crippen MR) is 382 cm³/mol. The molecule has 8 rings (SSSR count). The van der Waals surface area contributed by atoms with Crippen LogP contribution in [0, 0.1) is 32.5 Å². The van der Waals surface area contributed by atoms with Crippen LogP contribution in [0.25, 0.3) is 11.1 Å². The fourth-order valence-electron chi connectivity index (χ4n) is 8.05. The first kappa shape index (κ1) is 89.8. The van der Waals surface area contributed by atoms with E-state index in [1.54, 1.807) is 60.4 Å². The van der Waals surface area contributed by atoms with Crippen molar-refractivity contribution in [2.75, 3.05) is 126 Å². The van der Waals surface area contributed by atoms with Crippen molar-refractivity contribution in [2.24, 2.45) is 32.5 Å². The topological polar surface area (TPSA) is 303 Å². The normalized spacial score (nSPS) is 25.7. The van der Waals surface area contributed by atoms with E-state index in [0.29, 0.717) is 104 Å². The first-order valence-corrected chi connectivity index (χ1v) is 47.5. The number of hydrogen-bond donors (Lipinski definition) is 0. The van der Waals surface area contributed by atoms with Crippen LogP contribution in [0.4, 0.5) is 0 Å². The van der Waals surface area contributed by atoms with E-state index < -0.39 is 71.9 Å². The van der Waals surface area contributed by atoms with Crippen LogP contribution in [-0.4, -0.2) is 136 Å². The molecule has 0 aliphatic carbocycles. The Morgan fingerprint density at radius 3 is 0.990 bits per heavy atom. The third-order valence-corrected chi connectivity index (χ3v) is 30.5. The van der Waals surface area contributed by atoms with Crippen molar-refractivity contribution < 1.29 is 118 Å². The zero-order chi connectivity index (χ0) is 74.1. The molecule has 26 nitrogen and oxygen atoms in total. The van der Waals surface area contributed by atoms with E-state index in [4.69, 9.17) is 81.4 Å². The Balaban J connectivity index is 0.000000263. The summed E-state index contributed by atoms with van der Waals surface area (Å²) in [5, 5.41) is -2.05. The van der Waals surface area contributed by atoms with Gasteiger partial charge in [-0.3, -0.25) is 76.9 Å². The van der Waals surface area contributed by atoms with E-state index in [0.717, 1.165) is 49.7 Å². The maximum absolute atomic E-state index is 12.6. The number of rotatable bonds is 24. The molecule has 6 heterocycles. The number of unbranched alkanes of at least 4 members (excludes halogenated alkanes) is 3. The molecule has 98 heavy (non-hydrogen) atoms. The minimum absolute atomic E-state index is 0.0674. The Bertz CT molecular complexity index is 3090.